The van der Waals surface area contributed by atoms with Crippen LogP contribution in [0.25, 0.3) is 0 Å². The number of rotatable bonds is 4. The third-order valence-electron chi connectivity index (χ3n) is 2.94. The maximum absolute atomic E-state index is 10.8. The summed E-state index contributed by atoms with van der Waals surface area (Å²) in [6, 6.07) is 0. The largest absolute Gasteiger partial charge is 0.463 e. The highest BCUT2D eigenvalue weighted by Gasteiger charge is 2.74. The van der Waals surface area contributed by atoms with Gasteiger partial charge in [0.2, 0.25) is 0 Å². The van der Waals surface area contributed by atoms with Gasteiger partial charge >= 0.3 is 5.66 Å². The van der Waals surface area contributed by atoms with E-state index in [1.165, 1.54) is 0 Å². The normalized spacial score (nSPS) is 22.8. The first-order valence-corrected chi connectivity index (χ1v) is 4.39. The second-order valence-corrected chi connectivity index (χ2v) is 3.85. The molecule has 0 radical (unpaired) electrons. The van der Waals surface area contributed by atoms with Crippen molar-refractivity contribution in [2.24, 2.45) is 11.8 Å². The van der Waals surface area contributed by atoms with Crippen LogP contribution in [0.15, 0.2) is 0 Å². The van der Waals surface area contributed by atoms with Crippen LogP contribution in [0.1, 0.15) is 25.7 Å². The highest BCUT2D eigenvalue weighted by molar-refractivity contribution is 4.97. The molecule has 0 atom stereocenters. The lowest BCUT2D eigenvalue weighted by Crippen LogP contribution is -2.50. The Morgan fingerprint density at radius 1 is 0.923 bits per heavy atom. The SMILES string of the molecule is O=[N+]([O-])C(C1CC1)(C1CC1)[N+](=O)[O-]. The van der Waals surface area contributed by atoms with E-state index in [2.05, 4.69) is 0 Å². The van der Waals surface area contributed by atoms with Crippen LogP contribution in [-0.2, 0) is 0 Å². The minimum absolute atomic E-state index is 0.315. The smallest absolute Gasteiger partial charge is 0.258 e. The second kappa shape index (κ2) is 2.40. The standard InChI is InChI=1S/C7H10N2O4/c10-8(11)7(9(12)13,5-1-2-5)6-3-4-6/h5-6H,1-4H2. The Morgan fingerprint density at radius 3 is 1.38 bits per heavy atom. The molecule has 0 aromatic rings. The van der Waals surface area contributed by atoms with E-state index in [0.29, 0.717) is 25.7 Å². The van der Waals surface area contributed by atoms with Gasteiger partial charge < -0.3 is 0 Å². The Kier molecular flexibility index (Phi) is 1.55. The van der Waals surface area contributed by atoms with Gasteiger partial charge in [-0.15, -0.1) is 0 Å². The molecule has 0 heterocycles. The van der Waals surface area contributed by atoms with Gasteiger partial charge in [0, 0.05) is 0 Å². The first-order valence-electron chi connectivity index (χ1n) is 4.39. The first-order chi connectivity index (χ1) is 6.10. The van der Waals surface area contributed by atoms with E-state index in [4.69, 9.17) is 0 Å². The zero-order chi connectivity index (χ0) is 9.64. The molecular weight excluding hydrogens is 176 g/mol. The summed E-state index contributed by atoms with van der Waals surface area (Å²) < 4.78 is 0. The van der Waals surface area contributed by atoms with Crippen LogP contribution in [0.3, 0.4) is 0 Å². The molecule has 0 saturated heterocycles. The van der Waals surface area contributed by atoms with Crippen molar-refractivity contribution in [1.82, 2.24) is 0 Å². The zero-order valence-corrected chi connectivity index (χ0v) is 7.01. The molecule has 0 aromatic heterocycles. The van der Waals surface area contributed by atoms with E-state index in [0.717, 1.165) is 0 Å². The molecule has 6 heteroatoms. The lowest BCUT2D eigenvalue weighted by atomic mass is 10.00. The van der Waals surface area contributed by atoms with Gasteiger partial charge in [0.15, 0.2) is 0 Å². The predicted molar refractivity (Wildman–Crippen MR) is 42.2 cm³/mol. The highest BCUT2D eigenvalue weighted by Crippen LogP contribution is 2.53. The van der Waals surface area contributed by atoms with Crippen LogP contribution in [0.2, 0.25) is 0 Å². The maximum atomic E-state index is 10.8. The zero-order valence-electron chi connectivity index (χ0n) is 7.01. The van der Waals surface area contributed by atoms with Crippen LogP contribution in [0.4, 0.5) is 0 Å². The summed E-state index contributed by atoms with van der Waals surface area (Å²) >= 11 is 0. The molecular formula is C7H10N2O4. The summed E-state index contributed by atoms with van der Waals surface area (Å²) in [5.41, 5.74) is -1.83. The van der Waals surface area contributed by atoms with Crippen LogP contribution in [0.5, 0.6) is 0 Å². The lowest BCUT2D eigenvalue weighted by molar-refractivity contribution is -0.807. The predicted octanol–water partition coefficient (Wildman–Crippen LogP) is 1.06. The van der Waals surface area contributed by atoms with Crippen molar-refractivity contribution in [1.29, 1.82) is 0 Å². The van der Waals surface area contributed by atoms with Crippen molar-refractivity contribution >= 4 is 0 Å². The van der Waals surface area contributed by atoms with Gasteiger partial charge in [-0.1, -0.05) is 0 Å². The molecule has 0 aliphatic heterocycles. The Balaban J connectivity index is 2.34. The van der Waals surface area contributed by atoms with Crippen molar-refractivity contribution in [2.45, 2.75) is 31.3 Å². The van der Waals surface area contributed by atoms with Crippen molar-refractivity contribution < 1.29 is 9.85 Å². The van der Waals surface area contributed by atoms with Crippen molar-refractivity contribution in [3.05, 3.63) is 20.2 Å². The molecule has 2 aliphatic carbocycles. The fourth-order valence-corrected chi connectivity index (χ4v) is 2.01. The molecule has 0 spiro atoms. The second-order valence-electron chi connectivity index (χ2n) is 3.85. The molecule has 2 rings (SSSR count). The van der Waals surface area contributed by atoms with E-state index in [-0.39, 0.29) is 11.8 Å². The van der Waals surface area contributed by atoms with Crippen molar-refractivity contribution in [3.8, 4) is 0 Å². The average Bonchev–Trinajstić information content (AvgIpc) is 2.80. The molecule has 6 nitrogen and oxygen atoms in total. The van der Waals surface area contributed by atoms with Gasteiger partial charge in [-0.05, 0) is 25.7 Å². The number of nitrogens with zero attached hydrogens (tertiary/aromatic N) is 2. The summed E-state index contributed by atoms with van der Waals surface area (Å²) in [5, 5.41) is 21.6. The number of nitro groups is 2. The maximum Gasteiger partial charge on any atom is 0.463 e. The van der Waals surface area contributed by atoms with E-state index in [1.807, 2.05) is 0 Å². The molecule has 0 bridgehead atoms. The Labute approximate surface area is 74.2 Å². The fraction of sp³-hybridized carbons (Fsp3) is 1.00. The summed E-state index contributed by atoms with van der Waals surface area (Å²) in [6.45, 7) is 0. The first kappa shape index (κ1) is 8.40. The van der Waals surface area contributed by atoms with Crippen LogP contribution in [0, 0.1) is 32.1 Å². The number of hydrogen-bond donors (Lipinski definition) is 0. The molecule has 0 aromatic carbocycles. The molecule has 72 valence electrons. The molecule has 2 fully saturated rings. The Morgan fingerprint density at radius 2 is 1.23 bits per heavy atom. The fourth-order valence-electron chi connectivity index (χ4n) is 2.01. The summed E-state index contributed by atoms with van der Waals surface area (Å²) in [4.78, 5) is 20.3. The minimum Gasteiger partial charge on any atom is -0.258 e. The molecule has 2 aliphatic rings. The topological polar surface area (TPSA) is 86.3 Å². The Bertz CT molecular complexity index is 242. The Hall–Kier alpha value is -1.20. The van der Waals surface area contributed by atoms with E-state index in [1.54, 1.807) is 0 Å². The van der Waals surface area contributed by atoms with Gasteiger partial charge in [-0.2, -0.15) is 0 Å². The summed E-state index contributed by atoms with van der Waals surface area (Å²) in [6.07, 6.45) is 2.55. The van der Waals surface area contributed by atoms with Gasteiger partial charge in [-0.3, -0.25) is 20.2 Å². The van der Waals surface area contributed by atoms with Crippen LogP contribution < -0.4 is 0 Å². The number of hydrogen-bond acceptors (Lipinski definition) is 4. The average molecular weight is 186 g/mol. The lowest BCUT2D eigenvalue weighted by Gasteiger charge is -2.15. The minimum atomic E-state index is -1.83. The van der Waals surface area contributed by atoms with E-state index in [9.17, 15) is 20.2 Å². The van der Waals surface area contributed by atoms with Gasteiger partial charge in [0.25, 0.3) is 0 Å². The third-order valence-corrected chi connectivity index (χ3v) is 2.94. The van der Waals surface area contributed by atoms with Crippen LogP contribution >= 0.6 is 0 Å². The van der Waals surface area contributed by atoms with E-state index < -0.39 is 15.5 Å². The molecule has 2 saturated carbocycles. The highest BCUT2D eigenvalue weighted by atomic mass is 16.7. The third kappa shape index (κ3) is 1.01. The summed E-state index contributed by atoms with van der Waals surface area (Å²) in [5.74, 6) is -0.630. The molecule has 0 amide bonds. The van der Waals surface area contributed by atoms with Crippen LogP contribution in [-0.4, -0.2) is 15.5 Å². The molecule has 0 N–H and O–H groups in total. The monoisotopic (exact) mass is 186 g/mol. The van der Waals surface area contributed by atoms with Crippen molar-refractivity contribution in [3.63, 3.8) is 0 Å². The van der Waals surface area contributed by atoms with Crippen molar-refractivity contribution in [2.75, 3.05) is 0 Å². The molecule has 13 heavy (non-hydrogen) atoms. The molecule has 0 unspecified atom stereocenters. The quantitative estimate of drug-likeness (QED) is 0.373. The van der Waals surface area contributed by atoms with Gasteiger partial charge in [0.05, 0.1) is 9.85 Å². The summed E-state index contributed by atoms with van der Waals surface area (Å²) in [7, 11) is 0. The van der Waals surface area contributed by atoms with Gasteiger partial charge in [-0.25, -0.2) is 0 Å². The van der Waals surface area contributed by atoms with E-state index >= 15 is 0 Å². The van der Waals surface area contributed by atoms with Gasteiger partial charge in [0.1, 0.15) is 11.8 Å².